The number of carbonyl (C=O) groups is 1. The summed E-state index contributed by atoms with van der Waals surface area (Å²) in [6.07, 6.45) is 0.568. The van der Waals surface area contributed by atoms with Crippen molar-refractivity contribution in [1.29, 1.82) is 0 Å². The van der Waals surface area contributed by atoms with Gasteiger partial charge in [-0.2, -0.15) is 4.37 Å². The number of anilines is 1. The van der Waals surface area contributed by atoms with Crippen LogP contribution in [0.3, 0.4) is 0 Å². The lowest BCUT2D eigenvalue weighted by Gasteiger charge is -2.15. The van der Waals surface area contributed by atoms with E-state index in [0.717, 1.165) is 16.0 Å². The summed E-state index contributed by atoms with van der Waals surface area (Å²) >= 11 is 13.3. The molecule has 8 heteroatoms. The van der Waals surface area contributed by atoms with Gasteiger partial charge in [-0.15, -0.1) is 0 Å². The number of ether oxygens (including phenoxy) is 1. The van der Waals surface area contributed by atoms with E-state index < -0.39 is 12.2 Å². The van der Waals surface area contributed by atoms with E-state index >= 15 is 0 Å². The summed E-state index contributed by atoms with van der Waals surface area (Å²) in [7, 11) is 0. The Morgan fingerprint density at radius 2 is 2.00 bits per heavy atom. The zero-order chi connectivity index (χ0) is 18.7. The summed E-state index contributed by atoms with van der Waals surface area (Å²) < 4.78 is 9.77. The van der Waals surface area contributed by atoms with Gasteiger partial charge in [-0.25, -0.2) is 9.78 Å². The standard InChI is InChI=1S/C18H15Cl2N3O2S/c1-10-16(17(26-23-10)12-7-8-15(20)21-9-12)22-18(24)25-11(2)13-5-3-4-6-14(13)19/h3-9,11H,1-2H3,(H,22,24). The predicted molar refractivity (Wildman–Crippen MR) is 105 cm³/mol. The molecule has 3 aromatic rings. The van der Waals surface area contributed by atoms with E-state index in [1.54, 1.807) is 25.3 Å². The van der Waals surface area contributed by atoms with Crippen molar-refractivity contribution in [2.75, 3.05) is 5.32 Å². The fourth-order valence-electron chi connectivity index (χ4n) is 2.38. The Kier molecular flexibility index (Phi) is 5.76. The molecule has 2 aromatic heterocycles. The summed E-state index contributed by atoms with van der Waals surface area (Å²) in [5.74, 6) is 0. The van der Waals surface area contributed by atoms with Gasteiger partial charge >= 0.3 is 6.09 Å². The van der Waals surface area contributed by atoms with Crippen LogP contribution in [0.2, 0.25) is 10.2 Å². The maximum absolute atomic E-state index is 12.4. The van der Waals surface area contributed by atoms with Crippen LogP contribution in [0, 0.1) is 6.92 Å². The molecule has 5 nitrogen and oxygen atoms in total. The average Bonchev–Trinajstić information content (AvgIpc) is 2.96. The number of aryl methyl sites for hydroxylation is 1. The minimum atomic E-state index is -0.580. The number of aromatic nitrogens is 2. The average molecular weight is 408 g/mol. The van der Waals surface area contributed by atoms with E-state index in [2.05, 4.69) is 14.7 Å². The van der Waals surface area contributed by atoms with Crippen molar-refractivity contribution in [3.8, 4) is 10.4 Å². The molecular weight excluding hydrogens is 393 g/mol. The maximum atomic E-state index is 12.4. The van der Waals surface area contributed by atoms with Crippen LogP contribution in [0.15, 0.2) is 42.6 Å². The molecule has 0 fully saturated rings. The van der Waals surface area contributed by atoms with Crippen molar-refractivity contribution >= 4 is 46.5 Å². The molecule has 0 aliphatic heterocycles. The van der Waals surface area contributed by atoms with Gasteiger partial charge < -0.3 is 4.74 Å². The van der Waals surface area contributed by atoms with Crippen LogP contribution in [0.25, 0.3) is 10.4 Å². The number of halogens is 2. The number of rotatable bonds is 4. The number of benzene rings is 1. The summed E-state index contributed by atoms with van der Waals surface area (Å²) in [4.78, 5) is 17.2. The first-order chi connectivity index (χ1) is 12.5. The highest BCUT2D eigenvalue weighted by Crippen LogP contribution is 2.35. The van der Waals surface area contributed by atoms with Crippen LogP contribution in [-0.4, -0.2) is 15.5 Å². The Hall–Kier alpha value is -2.15. The van der Waals surface area contributed by atoms with Gasteiger partial charge in [0.2, 0.25) is 0 Å². The van der Waals surface area contributed by atoms with Crippen molar-refractivity contribution in [1.82, 2.24) is 9.36 Å². The minimum absolute atomic E-state index is 0.400. The highest BCUT2D eigenvalue weighted by atomic mass is 35.5. The molecule has 134 valence electrons. The number of hydrogen-bond acceptors (Lipinski definition) is 5. The first-order valence-corrected chi connectivity index (χ1v) is 9.29. The number of amides is 1. The molecular formula is C18H15Cl2N3O2S. The molecule has 0 radical (unpaired) electrons. The van der Waals surface area contributed by atoms with Gasteiger partial charge in [0.1, 0.15) is 11.3 Å². The third-order valence-electron chi connectivity index (χ3n) is 3.71. The van der Waals surface area contributed by atoms with Crippen LogP contribution in [0.1, 0.15) is 24.3 Å². The molecule has 1 atom stereocenters. The van der Waals surface area contributed by atoms with E-state index in [1.807, 2.05) is 31.2 Å². The Morgan fingerprint density at radius 3 is 2.69 bits per heavy atom. The monoisotopic (exact) mass is 407 g/mol. The molecule has 0 saturated carbocycles. The van der Waals surface area contributed by atoms with Crippen LogP contribution in [-0.2, 0) is 4.74 Å². The first-order valence-electron chi connectivity index (χ1n) is 7.76. The zero-order valence-corrected chi connectivity index (χ0v) is 16.3. The fourth-order valence-corrected chi connectivity index (χ4v) is 3.62. The Balaban J connectivity index is 1.77. The van der Waals surface area contributed by atoms with Crippen molar-refractivity contribution in [3.63, 3.8) is 0 Å². The molecule has 1 aromatic carbocycles. The lowest BCUT2D eigenvalue weighted by atomic mass is 10.1. The normalized spacial score (nSPS) is 11.8. The number of nitrogens with zero attached hydrogens (tertiary/aromatic N) is 2. The van der Waals surface area contributed by atoms with E-state index in [9.17, 15) is 4.79 Å². The molecule has 0 saturated heterocycles. The van der Waals surface area contributed by atoms with Gasteiger partial charge in [-0.1, -0.05) is 41.4 Å². The Morgan fingerprint density at radius 1 is 1.23 bits per heavy atom. The van der Waals surface area contributed by atoms with Crippen LogP contribution < -0.4 is 5.32 Å². The number of carbonyl (C=O) groups excluding carboxylic acids is 1. The minimum Gasteiger partial charge on any atom is -0.441 e. The topological polar surface area (TPSA) is 64.1 Å². The second kappa shape index (κ2) is 8.03. The summed E-state index contributed by atoms with van der Waals surface area (Å²) in [6, 6.07) is 10.8. The van der Waals surface area contributed by atoms with Crippen LogP contribution >= 0.6 is 34.7 Å². The van der Waals surface area contributed by atoms with Crippen LogP contribution in [0.4, 0.5) is 10.5 Å². The highest BCUT2D eigenvalue weighted by molar-refractivity contribution is 7.10. The second-order valence-corrected chi connectivity index (χ2v) is 7.10. The van der Waals surface area contributed by atoms with Crippen molar-refractivity contribution in [2.45, 2.75) is 20.0 Å². The van der Waals surface area contributed by atoms with E-state index in [4.69, 9.17) is 27.9 Å². The zero-order valence-electron chi connectivity index (χ0n) is 14.0. The summed E-state index contributed by atoms with van der Waals surface area (Å²) in [5, 5.41) is 3.73. The molecule has 1 N–H and O–H groups in total. The van der Waals surface area contributed by atoms with Crippen molar-refractivity contribution in [2.24, 2.45) is 0 Å². The number of pyridine rings is 1. The van der Waals surface area contributed by atoms with Gasteiger partial charge in [0.15, 0.2) is 0 Å². The van der Waals surface area contributed by atoms with Gasteiger partial charge in [0.25, 0.3) is 0 Å². The summed E-state index contributed by atoms with van der Waals surface area (Å²) in [6.45, 7) is 3.58. The lowest BCUT2D eigenvalue weighted by molar-refractivity contribution is 0.121. The van der Waals surface area contributed by atoms with Gasteiger partial charge in [0.05, 0.1) is 16.3 Å². The van der Waals surface area contributed by atoms with E-state index in [1.165, 1.54) is 11.5 Å². The maximum Gasteiger partial charge on any atom is 0.412 e. The molecule has 0 aliphatic rings. The van der Waals surface area contributed by atoms with Gasteiger partial charge in [-0.05, 0) is 43.6 Å². The highest BCUT2D eigenvalue weighted by Gasteiger charge is 2.19. The smallest absolute Gasteiger partial charge is 0.412 e. The molecule has 1 amide bonds. The summed E-state index contributed by atoms with van der Waals surface area (Å²) in [5.41, 5.74) is 2.85. The molecule has 0 bridgehead atoms. The fraction of sp³-hybridized carbons (Fsp3) is 0.167. The third kappa shape index (κ3) is 4.15. The second-order valence-electron chi connectivity index (χ2n) is 5.54. The quantitative estimate of drug-likeness (QED) is 0.528. The molecule has 26 heavy (non-hydrogen) atoms. The third-order valence-corrected chi connectivity index (χ3v) is 5.26. The Labute approximate surface area is 165 Å². The van der Waals surface area contributed by atoms with E-state index in [0.29, 0.717) is 21.6 Å². The first kappa shape index (κ1) is 18.6. The molecule has 1 unspecified atom stereocenters. The Bertz CT molecular complexity index is 928. The predicted octanol–water partition coefficient (Wildman–Crippen LogP) is 6.13. The largest absolute Gasteiger partial charge is 0.441 e. The van der Waals surface area contributed by atoms with E-state index in [-0.39, 0.29) is 0 Å². The van der Waals surface area contributed by atoms with Gasteiger partial charge in [0, 0.05) is 22.3 Å². The molecule has 0 spiro atoms. The molecule has 2 heterocycles. The van der Waals surface area contributed by atoms with Crippen molar-refractivity contribution in [3.05, 3.63) is 64.0 Å². The molecule has 0 aliphatic carbocycles. The number of hydrogen-bond donors (Lipinski definition) is 1. The van der Waals surface area contributed by atoms with Crippen molar-refractivity contribution < 1.29 is 9.53 Å². The molecule has 3 rings (SSSR count). The van der Waals surface area contributed by atoms with Gasteiger partial charge in [-0.3, -0.25) is 5.32 Å². The van der Waals surface area contributed by atoms with Crippen LogP contribution in [0.5, 0.6) is 0 Å². The lowest BCUT2D eigenvalue weighted by Crippen LogP contribution is -2.16. The SMILES string of the molecule is Cc1nsc(-c2ccc(Cl)nc2)c1NC(=O)OC(C)c1ccccc1Cl. The number of nitrogens with one attached hydrogen (secondary N) is 1.